The molecule has 1 unspecified atom stereocenters. The van der Waals surface area contributed by atoms with Crippen molar-refractivity contribution in [3.63, 3.8) is 0 Å². The smallest absolute Gasteiger partial charge is 0.331 e. The van der Waals surface area contributed by atoms with E-state index in [9.17, 15) is 18.9 Å². The molecule has 32 heavy (non-hydrogen) atoms. The fraction of sp³-hybridized carbons (Fsp3) is 0.750. The van der Waals surface area contributed by atoms with Gasteiger partial charge in [0.2, 0.25) is 0 Å². The van der Waals surface area contributed by atoms with Gasteiger partial charge >= 0.3 is 19.3 Å². The quantitative estimate of drug-likeness (QED) is 0.442. The molecule has 5 atom stereocenters. The van der Waals surface area contributed by atoms with Gasteiger partial charge in [0, 0.05) is 18.2 Å². The summed E-state index contributed by atoms with van der Waals surface area (Å²) in [4.78, 5) is 38.0. The molecule has 3 heterocycles. The van der Waals surface area contributed by atoms with E-state index in [4.69, 9.17) is 24.3 Å². The first-order valence-corrected chi connectivity index (χ1v) is 12.3. The van der Waals surface area contributed by atoms with Crippen molar-refractivity contribution < 1.29 is 27.9 Å². The van der Waals surface area contributed by atoms with E-state index in [0.29, 0.717) is 6.42 Å². The lowest BCUT2D eigenvalue weighted by atomic mass is 9.85. The number of nitrogens with one attached hydrogen (secondary N) is 1. The molecule has 3 N–H and O–H groups in total. The van der Waals surface area contributed by atoms with Gasteiger partial charge in [0.25, 0.3) is 5.56 Å². The van der Waals surface area contributed by atoms with Crippen molar-refractivity contribution in [1.82, 2.24) is 9.55 Å². The maximum Gasteiger partial charge on any atom is 0.331 e. The van der Waals surface area contributed by atoms with E-state index in [1.807, 2.05) is 0 Å². The van der Waals surface area contributed by atoms with Crippen molar-refractivity contribution in [3.05, 3.63) is 33.1 Å². The van der Waals surface area contributed by atoms with Crippen LogP contribution in [0.5, 0.6) is 0 Å². The van der Waals surface area contributed by atoms with Crippen molar-refractivity contribution in [2.45, 2.75) is 65.0 Å². The Hall–Kier alpha value is -1.78. The summed E-state index contributed by atoms with van der Waals surface area (Å²) in [5, 5.41) is 0. The molecule has 3 rings (SSSR count). The molecule has 0 bridgehead atoms. The molecule has 180 valence electrons. The van der Waals surface area contributed by atoms with E-state index < -0.39 is 48.0 Å². The number of H-pyrrole nitrogens is 1. The second-order valence-corrected chi connectivity index (χ2v) is 11.6. The second-order valence-electron chi connectivity index (χ2n) is 9.53. The molecule has 0 saturated carbocycles. The zero-order chi connectivity index (χ0) is 23.9. The summed E-state index contributed by atoms with van der Waals surface area (Å²) in [6.07, 6.45) is 0.0386. The Morgan fingerprint density at radius 3 is 2.75 bits per heavy atom. The van der Waals surface area contributed by atoms with Crippen molar-refractivity contribution in [2.24, 2.45) is 17.1 Å². The van der Waals surface area contributed by atoms with Crippen LogP contribution in [0.3, 0.4) is 0 Å². The number of nitrogens with zero attached hydrogens (tertiary/aromatic N) is 1. The third-order valence-electron chi connectivity index (χ3n) is 5.95. The van der Waals surface area contributed by atoms with E-state index in [1.54, 1.807) is 34.6 Å². The summed E-state index contributed by atoms with van der Waals surface area (Å²) in [7, 11) is -3.50. The van der Waals surface area contributed by atoms with Crippen LogP contribution in [-0.2, 0) is 27.9 Å². The lowest BCUT2D eigenvalue weighted by molar-refractivity contribution is -0.158. The third kappa shape index (κ3) is 5.07. The summed E-state index contributed by atoms with van der Waals surface area (Å²) in [5.74, 6) is -0.767. The maximum atomic E-state index is 13.3. The van der Waals surface area contributed by atoms with Crippen LogP contribution in [0.25, 0.3) is 0 Å². The Balaban J connectivity index is 1.67. The van der Waals surface area contributed by atoms with Crippen LogP contribution < -0.4 is 17.0 Å². The molecule has 2 aliphatic heterocycles. The molecule has 0 spiro atoms. The topological polar surface area (TPSA) is 152 Å². The number of hydrogen-bond acceptors (Lipinski definition) is 9. The summed E-state index contributed by atoms with van der Waals surface area (Å²) >= 11 is 0. The van der Waals surface area contributed by atoms with Gasteiger partial charge in [-0.3, -0.25) is 23.7 Å². The molecule has 1 aromatic rings. The Morgan fingerprint density at radius 2 is 2.12 bits per heavy atom. The highest BCUT2D eigenvalue weighted by Gasteiger charge is 2.57. The number of ether oxygens (including phenoxy) is 2. The van der Waals surface area contributed by atoms with Gasteiger partial charge in [0.1, 0.15) is 0 Å². The van der Waals surface area contributed by atoms with Gasteiger partial charge in [-0.25, -0.2) is 4.79 Å². The van der Waals surface area contributed by atoms with Crippen LogP contribution in [0.2, 0.25) is 0 Å². The van der Waals surface area contributed by atoms with E-state index in [1.165, 1.54) is 16.8 Å². The van der Waals surface area contributed by atoms with Crippen molar-refractivity contribution in [1.29, 1.82) is 0 Å². The van der Waals surface area contributed by atoms with Crippen molar-refractivity contribution in [3.8, 4) is 0 Å². The molecule has 1 aromatic heterocycles. The van der Waals surface area contributed by atoms with Crippen molar-refractivity contribution >= 4 is 13.6 Å². The van der Waals surface area contributed by atoms with Crippen LogP contribution in [-0.4, -0.2) is 52.6 Å². The zero-order valence-corrected chi connectivity index (χ0v) is 19.9. The lowest BCUT2D eigenvalue weighted by Gasteiger charge is -2.36. The van der Waals surface area contributed by atoms with Gasteiger partial charge in [-0.15, -0.1) is 0 Å². The first-order valence-electron chi connectivity index (χ1n) is 10.6. The van der Waals surface area contributed by atoms with Crippen LogP contribution in [0.1, 0.15) is 47.3 Å². The normalized spacial score (nSPS) is 32.7. The van der Waals surface area contributed by atoms with E-state index in [-0.39, 0.29) is 31.4 Å². The second kappa shape index (κ2) is 8.87. The number of rotatable bonds is 7. The number of aromatic nitrogens is 2. The zero-order valence-electron chi connectivity index (χ0n) is 19.0. The number of hydrogen-bond donors (Lipinski definition) is 2. The summed E-state index contributed by atoms with van der Waals surface area (Å²) in [6.45, 7) is 8.77. The molecule has 11 nitrogen and oxygen atoms in total. The molecule has 12 heteroatoms. The Labute approximate surface area is 186 Å². The summed E-state index contributed by atoms with van der Waals surface area (Å²) in [6, 6.07) is 1.21. The fourth-order valence-electron chi connectivity index (χ4n) is 3.92. The number of carbonyl (C=O) groups is 1. The van der Waals surface area contributed by atoms with Crippen LogP contribution in [0.15, 0.2) is 21.9 Å². The van der Waals surface area contributed by atoms with E-state index in [2.05, 4.69) is 4.98 Å². The largest absolute Gasteiger partial charge is 0.463 e. The molecule has 2 fully saturated rings. The predicted octanol–water partition coefficient (Wildman–Crippen LogP) is 1.38. The summed E-state index contributed by atoms with van der Waals surface area (Å²) < 4.78 is 36.9. The SMILES string of the molecule is CC(C)OC(=O)C(C)(C)CCOP1(=O)C[C@@H]2[C@@H](CO1)O[C@@H](n1ccc(=O)[nH]c1=O)[C@]2(C)N. The lowest BCUT2D eigenvalue weighted by Crippen LogP contribution is -2.52. The molecule has 2 aliphatic rings. The number of nitrogens with two attached hydrogens (primary N) is 1. The average molecular weight is 473 g/mol. The number of carbonyl (C=O) groups excluding carboxylic acids is 1. The van der Waals surface area contributed by atoms with E-state index in [0.717, 1.165) is 0 Å². The highest BCUT2D eigenvalue weighted by atomic mass is 31.2. The Kier molecular flexibility index (Phi) is 6.89. The van der Waals surface area contributed by atoms with Gasteiger partial charge in [-0.05, 0) is 41.0 Å². The number of esters is 1. The molecule has 0 amide bonds. The van der Waals surface area contributed by atoms with Gasteiger partial charge in [0.05, 0.1) is 42.5 Å². The van der Waals surface area contributed by atoms with E-state index >= 15 is 0 Å². The average Bonchev–Trinajstić information content (AvgIpc) is 2.91. The molecule has 0 aromatic carbocycles. The first-order chi connectivity index (χ1) is 14.7. The minimum atomic E-state index is -3.50. The number of fused-ring (bicyclic) bond motifs is 1. The maximum absolute atomic E-state index is 13.3. The standard InChI is InChI=1S/C20H32N3O8P/c1-12(2)30-17(25)19(3,4)7-9-28-32(27)11-13-14(10-29-32)31-16(20(13,5)21)23-8-6-15(24)22-18(23)26/h6,8,12-14,16H,7,9-11,21H2,1-5H3,(H,22,24,26)/t13-,14-,16-,20-,32?/m1/s1. The van der Waals surface area contributed by atoms with Crippen molar-refractivity contribution in [2.75, 3.05) is 19.4 Å². The number of aromatic amines is 1. The predicted molar refractivity (Wildman–Crippen MR) is 115 cm³/mol. The monoisotopic (exact) mass is 473 g/mol. The first kappa shape index (κ1) is 24.9. The highest BCUT2D eigenvalue weighted by molar-refractivity contribution is 7.53. The molecule has 0 aliphatic carbocycles. The third-order valence-corrected chi connectivity index (χ3v) is 7.91. The minimum absolute atomic E-state index is 0.0101. The summed E-state index contributed by atoms with van der Waals surface area (Å²) in [5.41, 5.74) is 3.50. The van der Waals surface area contributed by atoms with Crippen LogP contribution >= 0.6 is 7.60 Å². The molecule has 2 saturated heterocycles. The fourth-order valence-corrected chi connectivity index (χ4v) is 6.06. The highest BCUT2D eigenvalue weighted by Crippen LogP contribution is 2.58. The van der Waals surface area contributed by atoms with Gasteiger partial charge in [-0.1, -0.05) is 0 Å². The van der Waals surface area contributed by atoms with Crippen LogP contribution in [0, 0.1) is 11.3 Å². The van der Waals surface area contributed by atoms with Gasteiger partial charge < -0.3 is 24.3 Å². The van der Waals surface area contributed by atoms with Gasteiger partial charge in [0.15, 0.2) is 6.23 Å². The Bertz CT molecular complexity index is 1010. The molecule has 0 radical (unpaired) electrons. The molecular weight excluding hydrogens is 441 g/mol. The van der Waals surface area contributed by atoms with Crippen LogP contribution in [0.4, 0.5) is 0 Å². The Morgan fingerprint density at radius 1 is 1.44 bits per heavy atom. The molecular formula is C20H32N3O8P. The minimum Gasteiger partial charge on any atom is -0.463 e. The van der Waals surface area contributed by atoms with Gasteiger partial charge in [-0.2, -0.15) is 0 Å².